The van der Waals surface area contributed by atoms with Crippen LogP contribution < -0.4 is 9.80 Å². The van der Waals surface area contributed by atoms with Gasteiger partial charge in [0.2, 0.25) is 0 Å². The highest BCUT2D eigenvalue weighted by atomic mass is 16.3. The molecule has 140 valence electrons. The fourth-order valence-corrected chi connectivity index (χ4v) is 3.36. The molecule has 0 bridgehead atoms. The number of hydrogen-bond donors (Lipinski definition) is 1. The topological polar surface area (TPSA) is 26.7 Å². The van der Waals surface area contributed by atoms with Crippen molar-refractivity contribution in [2.24, 2.45) is 0 Å². The summed E-state index contributed by atoms with van der Waals surface area (Å²) >= 11 is 0. The Balaban J connectivity index is 2.03. The number of rotatable bonds is 6. The monoisotopic (exact) mass is 360 g/mol. The zero-order valence-electron chi connectivity index (χ0n) is 16.5. The van der Waals surface area contributed by atoms with Crippen molar-refractivity contribution in [1.29, 1.82) is 0 Å². The zero-order chi connectivity index (χ0) is 19.4. The number of nitrogens with zero attached hydrogens (tertiary/aromatic N) is 2. The maximum atomic E-state index is 11.2. The first-order chi connectivity index (χ1) is 13.0. The average Bonchev–Trinajstić information content (AvgIpc) is 2.69. The van der Waals surface area contributed by atoms with E-state index in [4.69, 9.17) is 0 Å². The van der Waals surface area contributed by atoms with Crippen molar-refractivity contribution in [3.63, 3.8) is 0 Å². The van der Waals surface area contributed by atoms with Crippen molar-refractivity contribution in [2.45, 2.75) is 12.0 Å². The first-order valence-corrected chi connectivity index (χ1v) is 9.25. The van der Waals surface area contributed by atoms with Crippen molar-refractivity contribution >= 4 is 11.4 Å². The summed E-state index contributed by atoms with van der Waals surface area (Å²) in [7, 11) is 8.13. The zero-order valence-corrected chi connectivity index (χ0v) is 16.5. The van der Waals surface area contributed by atoms with Crippen molar-refractivity contribution in [3.05, 3.63) is 95.6 Å². The van der Waals surface area contributed by atoms with Gasteiger partial charge in [-0.15, -0.1) is 0 Å². The standard InChI is InChI=1S/C24H28N2O/c1-25(2)21-14-10-18(11-15-21)23(24(27)20-8-6-5-7-9-20)19-12-16-22(17-13-19)26(3)4/h5-17,23-24,27H,1-4H3/t24-/m0/s1. The Bertz CT molecular complexity index is 788. The van der Waals surface area contributed by atoms with E-state index in [2.05, 4.69) is 58.3 Å². The van der Waals surface area contributed by atoms with Gasteiger partial charge in [-0.3, -0.25) is 0 Å². The molecular weight excluding hydrogens is 332 g/mol. The Morgan fingerprint density at radius 3 is 1.33 bits per heavy atom. The Hall–Kier alpha value is -2.78. The quantitative estimate of drug-likeness (QED) is 0.691. The summed E-state index contributed by atoms with van der Waals surface area (Å²) in [6.07, 6.45) is -0.610. The molecule has 0 spiro atoms. The minimum Gasteiger partial charge on any atom is -0.387 e. The smallest absolute Gasteiger partial charge is 0.0899 e. The molecule has 0 radical (unpaired) electrons. The predicted molar refractivity (Wildman–Crippen MR) is 115 cm³/mol. The van der Waals surface area contributed by atoms with Gasteiger partial charge in [0, 0.05) is 45.5 Å². The molecule has 0 aliphatic carbocycles. The van der Waals surface area contributed by atoms with Crippen LogP contribution in [-0.4, -0.2) is 33.3 Å². The molecule has 1 N–H and O–H groups in total. The van der Waals surface area contributed by atoms with Gasteiger partial charge >= 0.3 is 0 Å². The van der Waals surface area contributed by atoms with E-state index in [0.29, 0.717) is 0 Å². The second-order valence-electron chi connectivity index (χ2n) is 7.31. The molecule has 0 saturated carbocycles. The molecule has 0 aliphatic heterocycles. The second-order valence-corrected chi connectivity index (χ2v) is 7.31. The summed E-state index contributed by atoms with van der Waals surface area (Å²) in [5.74, 6) is -0.125. The van der Waals surface area contributed by atoms with E-state index < -0.39 is 6.10 Å². The van der Waals surface area contributed by atoms with Gasteiger partial charge in [-0.25, -0.2) is 0 Å². The summed E-state index contributed by atoms with van der Waals surface area (Å²) in [6, 6.07) is 26.8. The van der Waals surface area contributed by atoms with Crippen molar-refractivity contribution in [1.82, 2.24) is 0 Å². The summed E-state index contributed by atoms with van der Waals surface area (Å²) < 4.78 is 0. The van der Waals surface area contributed by atoms with Crippen LogP contribution in [0.1, 0.15) is 28.7 Å². The Labute approximate surface area is 162 Å². The van der Waals surface area contributed by atoms with Crippen LogP contribution in [0.5, 0.6) is 0 Å². The number of aliphatic hydroxyl groups is 1. The summed E-state index contributed by atoms with van der Waals surface area (Å²) in [5, 5.41) is 11.2. The lowest BCUT2D eigenvalue weighted by atomic mass is 9.83. The van der Waals surface area contributed by atoms with Crippen LogP contribution in [0.15, 0.2) is 78.9 Å². The maximum absolute atomic E-state index is 11.2. The third-order valence-electron chi connectivity index (χ3n) is 4.99. The molecule has 0 fully saturated rings. The lowest BCUT2D eigenvalue weighted by Gasteiger charge is -2.26. The molecule has 0 aliphatic rings. The van der Waals surface area contributed by atoms with E-state index in [1.165, 1.54) is 0 Å². The lowest BCUT2D eigenvalue weighted by Crippen LogP contribution is -2.14. The molecule has 0 unspecified atom stereocenters. The van der Waals surface area contributed by atoms with Gasteiger partial charge in [0.25, 0.3) is 0 Å². The van der Waals surface area contributed by atoms with Gasteiger partial charge in [-0.1, -0.05) is 54.6 Å². The lowest BCUT2D eigenvalue weighted by molar-refractivity contribution is 0.159. The van der Waals surface area contributed by atoms with Gasteiger partial charge in [0.15, 0.2) is 0 Å². The first kappa shape index (κ1) is 19.0. The van der Waals surface area contributed by atoms with E-state index in [1.807, 2.05) is 58.5 Å². The van der Waals surface area contributed by atoms with E-state index in [-0.39, 0.29) is 5.92 Å². The van der Waals surface area contributed by atoms with Crippen LogP contribution in [0.4, 0.5) is 11.4 Å². The fourth-order valence-electron chi connectivity index (χ4n) is 3.36. The van der Waals surface area contributed by atoms with Gasteiger partial charge in [0.05, 0.1) is 6.10 Å². The number of aliphatic hydroxyl groups excluding tert-OH is 1. The van der Waals surface area contributed by atoms with E-state index in [0.717, 1.165) is 28.1 Å². The van der Waals surface area contributed by atoms with Crippen molar-refractivity contribution in [3.8, 4) is 0 Å². The minimum atomic E-state index is -0.610. The molecule has 3 nitrogen and oxygen atoms in total. The van der Waals surface area contributed by atoms with Crippen LogP contribution in [0.2, 0.25) is 0 Å². The number of benzene rings is 3. The third kappa shape index (κ3) is 4.32. The molecule has 0 amide bonds. The number of anilines is 2. The highest BCUT2D eigenvalue weighted by molar-refractivity contribution is 5.51. The maximum Gasteiger partial charge on any atom is 0.0899 e. The summed E-state index contributed by atoms with van der Waals surface area (Å²) in [6.45, 7) is 0. The second kappa shape index (κ2) is 8.28. The molecule has 3 rings (SSSR count). The van der Waals surface area contributed by atoms with Crippen LogP contribution in [0.25, 0.3) is 0 Å². The van der Waals surface area contributed by atoms with Crippen molar-refractivity contribution in [2.75, 3.05) is 38.0 Å². The molecule has 3 heteroatoms. The minimum absolute atomic E-state index is 0.125. The van der Waals surface area contributed by atoms with Gasteiger partial charge in [-0.2, -0.15) is 0 Å². The van der Waals surface area contributed by atoms with Gasteiger partial charge in [-0.05, 0) is 41.0 Å². The van der Waals surface area contributed by atoms with Gasteiger partial charge < -0.3 is 14.9 Å². The van der Waals surface area contributed by atoms with Gasteiger partial charge in [0.1, 0.15) is 0 Å². The van der Waals surface area contributed by atoms with Crippen molar-refractivity contribution < 1.29 is 5.11 Å². The highest BCUT2D eigenvalue weighted by Crippen LogP contribution is 2.37. The molecule has 0 heterocycles. The third-order valence-corrected chi connectivity index (χ3v) is 4.99. The Morgan fingerprint density at radius 1 is 0.556 bits per heavy atom. The summed E-state index contributed by atoms with van der Waals surface area (Å²) in [4.78, 5) is 4.16. The molecule has 3 aromatic carbocycles. The Kier molecular flexibility index (Phi) is 5.82. The highest BCUT2D eigenvalue weighted by Gasteiger charge is 2.24. The first-order valence-electron chi connectivity index (χ1n) is 9.25. The molecular formula is C24H28N2O. The van der Waals surface area contributed by atoms with Crippen LogP contribution in [0.3, 0.4) is 0 Å². The van der Waals surface area contributed by atoms with Crippen LogP contribution in [-0.2, 0) is 0 Å². The largest absolute Gasteiger partial charge is 0.387 e. The molecule has 1 atom stereocenters. The molecule has 0 saturated heterocycles. The van der Waals surface area contributed by atoms with E-state index in [1.54, 1.807) is 0 Å². The molecule has 27 heavy (non-hydrogen) atoms. The predicted octanol–water partition coefficient (Wildman–Crippen LogP) is 4.68. The normalized spacial score (nSPS) is 12.1. The van der Waals surface area contributed by atoms with Crippen LogP contribution >= 0.6 is 0 Å². The fraction of sp³-hybridized carbons (Fsp3) is 0.250. The number of hydrogen-bond acceptors (Lipinski definition) is 3. The SMILES string of the molecule is CN(C)c1ccc(C(c2ccc(N(C)C)cc2)[C@@H](O)c2ccccc2)cc1. The molecule has 0 aromatic heterocycles. The van der Waals surface area contributed by atoms with Crippen LogP contribution in [0, 0.1) is 0 Å². The van der Waals surface area contributed by atoms with E-state index in [9.17, 15) is 5.11 Å². The Morgan fingerprint density at radius 2 is 0.963 bits per heavy atom. The summed E-state index contributed by atoms with van der Waals surface area (Å²) in [5.41, 5.74) is 5.43. The van der Waals surface area contributed by atoms with E-state index >= 15 is 0 Å². The molecule has 3 aromatic rings. The average molecular weight is 361 g/mol.